The standard InChI is InChI=1S/C21H17NO2S/c1-24-18-13-7-6-12-17(18)22-21(23)20(15-9-3-2-4-10-15)16-11-5-8-14-19(16)25-22/h2-14,20H,1H3. The van der Waals surface area contributed by atoms with Gasteiger partial charge in [-0.3, -0.25) is 4.79 Å². The van der Waals surface area contributed by atoms with Crippen molar-refractivity contribution in [3.63, 3.8) is 0 Å². The van der Waals surface area contributed by atoms with Crippen molar-refractivity contribution >= 4 is 23.5 Å². The van der Waals surface area contributed by atoms with E-state index in [0.29, 0.717) is 5.75 Å². The Morgan fingerprint density at radius 2 is 1.56 bits per heavy atom. The molecule has 0 N–H and O–H groups in total. The van der Waals surface area contributed by atoms with Crippen LogP contribution >= 0.6 is 11.9 Å². The van der Waals surface area contributed by atoms with Gasteiger partial charge in [0.05, 0.1) is 18.7 Å². The second-order valence-electron chi connectivity index (χ2n) is 5.78. The molecule has 1 aliphatic heterocycles. The quantitative estimate of drug-likeness (QED) is 0.632. The number of fused-ring (bicyclic) bond motifs is 1. The fourth-order valence-corrected chi connectivity index (χ4v) is 4.20. The summed E-state index contributed by atoms with van der Waals surface area (Å²) in [6, 6.07) is 25.6. The Labute approximate surface area is 151 Å². The number of nitrogens with zero attached hydrogens (tertiary/aromatic N) is 1. The van der Waals surface area contributed by atoms with Gasteiger partial charge in [0.25, 0.3) is 0 Å². The van der Waals surface area contributed by atoms with E-state index >= 15 is 0 Å². The molecular weight excluding hydrogens is 330 g/mol. The van der Waals surface area contributed by atoms with Crippen molar-refractivity contribution in [3.8, 4) is 5.75 Å². The lowest BCUT2D eigenvalue weighted by molar-refractivity contribution is -0.118. The van der Waals surface area contributed by atoms with Crippen LogP contribution < -0.4 is 9.04 Å². The monoisotopic (exact) mass is 347 g/mol. The van der Waals surface area contributed by atoms with E-state index in [4.69, 9.17) is 4.74 Å². The smallest absolute Gasteiger partial charge is 0.249 e. The third-order valence-electron chi connectivity index (χ3n) is 4.30. The predicted octanol–water partition coefficient (Wildman–Crippen LogP) is 4.88. The third kappa shape index (κ3) is 2.79. The molecule has 4 heteroatoms. The Morgan fingerprint density at radius 3 is 2.36 bits per heavy atom. The van der Waals surface area contributed by atoms with E-state index in [-0.39, 0.29) is 11.8 Å². The number of benzene rings is 3. The van der Waals surface area contributed by atoms with Crippen molar-refractivity contribution in [2.24, 2.45) is 0 Å². The summed E-state index contributed by atoms with van der Waals surface area (Å²) in [6.07, 6.45) is 0. The van der Waals surface area contributed by atoms with Crippen molar-refractivity contribution < 1.29 is 9.53 Å². The molecule has 0 bridgehead atoms. The Balaban J connectivity index is 1.86. The van der Waals surface area contributed by atoms with Crippen LogP contribution in [0.25, 0.3) is 0 Å². The number of hydrogen-bond acceptors (Lipinski definition) is 3. The van der Waals surface area contributed by atoms with Crippen molar-refractivity contribution in [1.82, 2.24) is 0 Å². The van der Waals surface area contributed by atoms with Gasteiger partial charge in [0.15, 0.2) is 0 Å². The Bertz CT molecular complexity index is 911. The zero-order valence-corrected chi connectivity index (χ0v) is 14.6. The van der Waals surface area contributed by atoms with Gasteiger partial charge in [0.2, 0.25) is 5.91 Å². The minimum atomic E-state index is -0.316. The molecule has 0 aromatic heterocycles. The molecule has 1 heterocycles. The molecule has 0 aliphatic carbocycles. The molecule has 0 spiro atoms. The molecule has 1 aliphatic rings. The molecule has 1 unspecified atom stereocenters. The molecular formula is C21H17NO2S. The molecule has 3 nitrogen and oxygen atoms in total. The predicted molar refractivity (Wildman–Crippen MR) is 101 cm³/mol. The first-order chi connectivity index (χ1) is 12.3. The molecule has 3 aromatic rings. The highest BCUT2D eigenvalue weighted by atomic mass is 32.2. The lowest BCUT2D eigenvalue weighted by atomic mass is 9.90. The van der Waals surface area contributed by atoms with E-state index in [0.717, 1.165) is 21.7 Å². The minimum Gasteiger partial charge on any atom is -0.495 e. The summed E-state index contributed by atoms with van der Waals surface area (Å²) >= 11 is 1.45. The van der Waals surface area contributed by atoms with E-state index in [9.17, 15) is 4.79 Å². The van der Waals surface area contributed by atoms with Crippen molar-refractivity contribution in [1.29, 1.82) is 0 Å². The molecule has 0 saturated carbocycles. The maximum atomic E-state index is 13.4. The summed E-state index contributed by atoms with van der Waals surface area (Å²) < 4.78 is 7.22. The van der Waals surface area contributed by atoms with Crippen LogP contribution in [0.2, 0.25) is 0 Å². The van der Waals surface area contributed by atoms with E-state index in [1.807, 2.05) is 72.8 Å². The highest BCUT2D eigenvalue weighted by Gasteiger charge is 2.36. The van der Waals surface area contributed by atoms with Gasteiger partial charge in [-0.25, -0.2) is 4.31 Å². The first-order valence-electron chi connectivity index (χ1n) is 8.08. The van der Waals surface area contributed by atoms with Crippen LogP contribution in [0.4, 0.5) is 5.69 Å². The molecule has 0 fully saturated rings. The summed E-state index contributed by atoms with van der Waals surface area (Å²) in [5.41, 5.74) is 2.82. The topological polar surface area (TPSA) is 29.5 Å². The second-order valence-corrected chi connectivity index (χ2v) is 6.76. The maximum Gasteiger partial charge on any atom is 0.249 e. The SMILES string of the molecule is COc1ccccc1N1Sc2ccccc2C(c2ccccc2)C1=O. The van der Waals surface area contributed by atoms with Gasteiger partial charge < -0.3 is 4.74 Å². The number of methoxy groups -OCH3 is 1. The number of carbonyl (C=O) groups excluding carboxylic acids is 1. The first-order valence-corrected chi connectivity index (χ1v) is 8.86. The number of hydrogen-bond donors (Lipinski definition) is 0. The molecule has 0 saturated heterocycles. The van der Waals surface area contributed by atoms with Crippen LogP contribution in [0.1, 0.15) is 17.0 Å². The summed E-state index contributed by atoms with van der Waals surface area (Å²) in [7, 11) is 1.63. The van der Waals surface area contributed by atoms with E-state index in [1.54, 1.807) is 11.4 Å². The molecule has 0 radical (unpaired) electrons. The molecule has 1 atom stereocenters. The van der Waals surface area contributed by atoms with Crippen LogP contribution in [0, 0.1) is 0 Å². The van der Waals surface area contributed by atoms with Gasteiger partial charge in [0, 0.05) is 4.90 Å². The average molecular weight is 347 g/mol. The summed E-state index contributed by atoms with van der Waals surface area (Å²) in [5, 5.41) is 0. The molecule has 1 amide bonds. The van der Waals surface area contributed by atoms with Gasteiger partial charge in [-0.1, -0.05) is 60.7 Å². The van der Waals surface area contributed by atoms with Gasteiger partial charge in [0.1, 0.15) is 5.75 Å². The van der Waals surface area contributed by atoms with Crippen molar-refractivity contribution in [3.05, 3.63) is 90.0 Å². The number of rotatable bonds is 3. The normalized spacial score (nSPS) is 16.4. The van der Waals surface area contributed by atoms with Crippen LogP contribution in [0.15, 0.2) is 83.8 Å². The number of anilines is 1. The Kier molecular flexibility index (Phi) is 4.20. The van der Waals surface area contributed by atoms with Crippen LogP contribution in [-0.2, 0) is 4.79 Å². The Hall–Kier alpha value is -2.72. The average Bonchev–Trinajstić information content (AvgIpc) is 2.68. The van der Waals surface area contributed by atoms with Gasteiger partial charge in [-0.05, 0) is 41.3 Å². The van der Waals surface area contributed by atoms with Gasteiger partial charge >= 0.3 is 0 Å². The van der Waals surface area contributed by atoms with Crippen LogP contribution in [0.5, 0.6) is 5.75 Å². The highest BCUT2D eigenvalue weighted by molar-refractivity contribution is 8.01. The number of amides is 1. The number of para-hydroxylation sites is 2. The zero-order chi connectivity index (χ0) is 17.2. The Morgan fingerprint density at radius 1 is 0.880 bits per heavy atom. The lowest BCUT2D eigenvalue weighted by Gasteiger charge is -2.33. The molecule has 124 valence electrons. The maximum absolute atomic E-state index is 13.4. The van der Waals surface area contributed by atoms with Crippen molar-refractivity contribution in [2.45, 2.75) is 10.8 Å². The van der Waals surface area contributed by atoms with E-state index < -0.39 is 0 Å². The lowest BCUT2D eigenvalue weighted by Crippen LogP contribution is -2.34. The second kappa shape index (κ2) is 6.65. The third-order valence-corrected chi connectivity index (χ3v) is 5.43. The summed E-state index contributed by atoms with van der Waals surface area (Å²) in [6.45, 7) is 0. The summed E-state index contributed by atoms with van der Waals surface area (Å²) in [5.74, 6) is 0.414. The minimum absolute atomic E-state index is 0.0411. The largest absolute Gasteiger partial charge is 0.495 e. The molecule has 3 aromatic carbocycles. The zero-order valence-electron chi connectivity index (χ0n) is 13.8. The molecule has 4 rings (SSSR count). The van der Waals surface area contributed by atoms with Crippen LogP contribution in [-0.4, -0.2) is 13.0 Å². The highest BCUT2D eigenvalue weighted by Crippen LogP contribution is 2.46. The van der Waals surface area contributed by atoms with E-state index in [1.165, 1.54) is 11.9 Å². The van der Waals surface area contributed by atoms with E-state index in [2.05, 4.69) is 6.07 Å². The molecule has 25 heavy (non-hydrogen) atoms. The van der Waals surface area contributed by atoms with Crippen LogP contribution in [0.3, 0.4) is 0 Å². The first kappa shape index (κ1) is 15.8. The van der Waals surface area contributed by atoms with Gasteiger partial charge in [-0.2, -0.15) is 0 Å². The number of carbonyl (C=O) groups is 1. The van der Waals surface area contributed by atoms with Crippen molar-refractivity contribution in [2.75, 3.05) is 11.4 Å². The summed E-state index contributed by atoms with van der Waals surface area (Å²) in [4.78, 5) is 14.5. The fraction of sp³-hybridized carbons (Fsp3) is 0.0952. The van der Waals surface area contributed by atoms with Gasteiger partial charge in [-0.15, -0.1) is 0 Å². The number of ether oxygens (including phenoxy) is 1. The fourth-order valence-electron chi connectivity index (χ4n) is 3.13.